The number of fused-ring (bicyclic) bond motifs is 1. The Balaban J connectivity index is 2.01. The zero-order valence-corrected chi connectivity index (χ0v) is 18.4. The maximum absolute atomic E-state index is 13.0. The Morgan fingerprint density at radius 2 is 1.86 bits per heavy atom. The van der Waals surface area contributed by atoms with Gasteiger partial charge in [0, 0.05) is 6.54 Å². The van der Waals surface area contributed by atoms with Gasteiger partial charge < -0.3 is 9.64 Å². The van der Waals surface area contributed by atoms with Crippen LogP contribution in [-0.2, 0) is 14.8 Å². The monoisotopic (exact) mass is 416 g/mol. The van der Waals surface area contributed by atoms with E-state index in [2.05, 4.69) is 4.72 Å². The molecule has 29 heavy (non-hydrogen) atoms. The molecule has 0 unspecified atom stereocenters. The lowest BCUT2D eigenvalue weighted by atomic mass is 9.93. The van der Waals surface area contributed by atoms with Gasteiger partial charge in [0.15, 0.2) is 0 Å². The molecule has 7 heteroatoms. The Morgan fingerprint density at radius 3 is 2.55 bits per heavy atom. The minimum Gasteiger partial charge on any atom is -0.490 e. The van der Waals surface area contributed by atoms with Crippen LogP contribution in [0.3, 0.4) is 0 Å². The normalized spacial score (nSPS) is 16.0. The van der Waals surface area contributed by atoms with Crippen LogP contribution in [0.15, 0.2) is 41.3 Å². The molecular weight excluding hydrogens is 388 g/mol. The number of benzene rings is 2. The number of hydrogen-bond acceptors (Lipinski definition) is 4. The van der Waals surface area contributed by atoms with Gasteiger partial charge in [-0.15, -0.1) is 0 Å². The van der Waals surface area contributed by atoms with Gasteiger partial charge in [-0.25, -0.2) is 8.42 Å². The van der Waals surface area contributed by atoms with Crippen molar-refractivity contribution in [2.45, 2.75) is 45.9 Å². The lowest BCUT2D eigenvalue weighted by Gasteiger charge is -2.28. The first-order chi connectivity index (χ1) is 13.5. The van der Waals surface area contributed by atoms with Gasteiger partial charge in [-0.05, 0) is 69.5 Å². The number of sulfonamides is 1. The molecule has 1 N–H and O–H groups in total. The molecule has 1 aliphatic rings. The van der Waals surface area contributed by atoms with Crippen molar-refractivity contribution in [1.82, 2.24) is 0 Å². The molecule has 1 aliphatic heterocycles. The van der Waals surface area contributed by atoms with E-state index in [-0.39, 0.29) is 17.4 Å². The summed E-state index contributed by atoms with van der Waals surface area (Å²) in [6, 6.07) is 10.4. The minimum absolute atomic E-state index is 0.0346. The third-order valence-corrected chi connectivity index (χ3v) is 6.52. The second-order valence-corrected chi connectivity index (χ2v) is 9.84. The average molecular weight is 417 g/mol. The molecule has 3 rings (SSSR count). The van der Waals surface area contributed by atoms with Gasteiger partial charge >= 0.3 is 0 Å². The van der Waals surface area contributed by atoms with E-state index in [9.17, 15) is 13.2 Å². The van der Waals surface area contributed by atoms with Gasteiger partial charge in [-0.3, -0.25) is 9.52 Å². The summed E-state index contributed by atoms with van der Waals surface area (Å²) in [7, 11) is -3.76. The number of hydrogen-bond donors (Lipinski definition) is 1. The highest BCUT2D eigenvalue weighted by atomic mass is 32.2. The average Bonchev–Trinajstić information content (AvgIpc) is 2.74. The van der Waals surface area contributed by atoms with E-state index in [0.29, 0.717) is 29.2 Å². The fourth-order valence-corrected chi connectivity index (χ4v) is 4.74. The number of nitrogens with zero attached hydrogens (tertiary/aromatic N) is 1. The third kappa shape index (κ3) is 4.24. The number of amides is 1. The van der Waals surface area contributed by atoms with Crippen molar-refractivity contribution in [3.63, 3.8) is 0 Å². The molecule has 0 fully saturated rings. The van der Waals surface area contributed by atoms with E-state index in [1.807, 2.05) is 33.8 Å². The van der Waals surface area contributed by atoms with Crippen LogP contribution < -0.4 is 14.4 Å². The molecule has 0 aliphatic carbocycles. The predicted molar refractivity (Wildman–Crippen MR) is 115 cm³/mol. The van der Waals surface area contributed by atoms with Crippen molar-refractivity contribution in [2.75, 3.05) is 22.8 Å². The molecule has 0 saturated heterocycles. The lowest BCUT2D eigenvalue weighted by Crippen LogP contribution is -2.42. The Kier molecular flexibility index (Phi) is 5.63. The quantitative estimate of drug-likeness (QED) is 0.790. The fraction of sp³-hybridized carbons (Fsp3) is 0.409. The van der Waals surface area contributed by atoms with Crippen LogP contribution in [0.4, 0.5) is 11.4 Å². The number of rotatable bonds is 5. The summed E-state index contributed by atoms with van der Waals surface area (Å²) in [6.07, 6.45) is 0.777. The Morgan fingerprint density at radius 1 is 1.14 bits per heavy atom. The molecule has 2 aromatic rings. The largest absolute Gasteiger partial charge is 0.490 e. The van der Waals surface area contributed by atoms with E-state index in [0.717, 1.165) is 12.0 Å². The molecular formula is C22H28N2O4S. The highest BCUT2D eigenvalue weighted by molar-refractivity contribution is 7.92. The van der Waals surface area contributed by atoms with Crippen molar-refractivity contribution in [2.24, 2.45) is 5.41 Å². The van der Waals surface area contributed by atoms with Crippen molar-refractivity contribution in [3.05, 3.63) is 47.5 Å². The molecule has 0 radical (unpaired) electrons. The fourth-order valence-electron chi connectivity index (χ4n) is 3.36. The predicted octanol–water partition coefficient (Wildman–Crippen LogP) is 4.27. The number of aryl methyl sites for hydroxylation is 2. The van der Waals surface area contributed by atoms with Gasteiger partial charge in [-0.2, -0.15) is 0 Å². The Hall–Kier alpha value is -2.54. The lowest BCUT2D eigenvalue weighted by molar-refractivity contribution is -0.127. The topological polar surface area (TPSA) is 75.7 Å². The second kappa shape index (κ2) is 7.71. The molecule has 0 bridgehead atoms. The standard InChI is InChI=1S/C22H28N2O4S/c1-6-11-24-18-13-17(9-10-19(18)28-14-22(4,5)21(24)25)23-29(26,27)20-12-15(2)7-8-16(20)3/h7-10,12-13,23H,6,11,14H2,1-5H3. The van der Waals surface area contributed by atoms with Crippen molar-refractivity contribution in [3.8, 4) is 5.75 Å². The number of carbonyl (C=O) groups is 1. The third-order valence-electron chi connectivity index (χ3n) is 4.99. The molecule has 2 aromatic carbocycles. The molecule has 0 aromatic heterocycles. The van der Waals surface area contributed by atoms with Crippen molar-refractivity contribution < 1.29 is 17.9 Å². The zero-order chi connectivity index (χ0) is 21.4. The highest BCUT2D eigenvalue weighted by Gasteiger charge is 2.37. The first-order valence-corrected chi connectivity index (χ1v) is 11.2. The van der Waals surface area contributed by atoms with E-state index in [1.54, 1.807) is 42.2 Å². The maximum atomic E-state index is 13.0. The Bertz CT molecular complexity index is 1040. The zero-order valence-electron chi connectivity index (χ0n) is 17.6. The van der Waals surface area contributed by atoms with Crippen LogP contribution in [0.25, 0.3) is 0 Å². The summed E-state index contributed by atoms with van der Waals surface area (Å²) in [5, 5.41) is 0. The van der Waals surface area contributed by atoms with Crippen molar-refractivity contribution in [1.29, 1.82) is 0 Å². The van der Waals surface area contributed by atoms with Crippen LogP contribution in [0, 0.1) is 19.3 Å². The first kappa shape index (κ1) is 21.2. The molecule has 0 spiro atoms. The Labute approximate surface area is 172 Å². The van der Waals surface area contributed by atoms with Gasteiger partial charge in [-0.1, -0.05) is 19.1 Å². The van der Waals surface area contributed by atoms with Gasteiger partial charge in [0.2, 0.25) is 5.91 Å². The SMILES string of the molecule is CCCN1C(=O)C(C)(C)COc2ccc(NS(=O)(=O)c3cc(C)ccc3C)cc21. The number of anilines is 2. The van der Waals surface area contributed by atoms with E-state index < -0.39 is 15.4 Å². The molecule has 0 atom stereocenters. The number of carbonyl (C=O) groups excluding carboxylic acids is 1. The van der Waals surface area contributed by atoms with E-state index >= 15 is 0 Å². The van der Waals surface area contributed by atoms with Gasteiger partial charge in [0.1, 0.15) is 12.4 Å². The first-order valence-electron chi connectivity index (χ1n) is 9.74. The second-order valence-electron chi connectivity index (χ2n) is 8.19. The smallest absolute Gasteiger partial charge is 0.262 e. The molecule has 6 nitrogen and oxygen atoms in total. The van der Waals surface area contributed by atoms with E-state index in [1.165, 1.54) is 0 Å². The minimum atomic E-state index is -3.76. The summed E-state index contributed by atoms with van der Waals surface area (Å²) < 4.78 is 34.5. The maximum Gasteiger partial charge on any atom is 0.262 e. The highest BCUT2D eigenvalue weighted by Crippen LogP contribution is 2.38. The van der Waals surface area contributed by atoms with Crippen LogP contribution >= 0.6 is 0 Å². The van der Waals surface area contributed by atoms with Crippen molar-refractivity contribution >= 4 is 27.3 Å². The molecule has 1 heterocycles. The summed E-state index contributed by atoms with van der Waals surface area (Å²) in [4.78, 5) is 15.0. The van der Waals surface area contributed by atoms with Crippen LogP contribution in [0.2, 0.25) is 0 Å². The summed E-state index contributed by atoms with van der Waals surface area (Å²) >= 11 is 0. The summed E-state index contributed by atoms with van der Waals surface area (Å²) in [6.45, 7) is 10.1. The van der Waals surface area contributed by atoms with Crippen LogP contribution in [0.1, 0.15) is 38.3 Å². The van der Waals surface area contributed by atoms with Gasteiger partial charge in [0.25, 0.3) is 10.0 Å². The summed E-state index contributed by atoms with van der Waals surface area (Å²) in [5.41, 5.74) is 1.86. The van der Waals surface area contributed by atoms with Gasteiger partial charge in [0.05, 0.1) is 21.7 Å². The van der Waals surface area contributed by atoms with Crippen LogP contribution in [0.5, 0.6) is 5.75 Å². The molecule has 0 saturated carbocycles. The number of nitrogens with one attached hydrogen (secondary N) is 1. The number of ether oxygens (including phenoxy) is 1. The molecule has 1 amide bonds. The van der Waals surface area contributed by atoms with E-state index in [4.69, 9.17) is 4.74 Å². The molecule has 156 valence electrons. The van der Waals surface area contributed by atoms with Crippen LogP contribution in [-0.4, -0.2) is 27.5 Å². The summed E-state index contributed by atoms with van der Waals surface area (Å²) in [5.74, 6) is 0.541.